The van der Waals surface area contributed by atoms with Gasteiger partial charge in [-0.3, -0.25) is 9.59 Å². The van der Waals surface area contributed by atoms with Gasteiger partial charge in [-0.1, -0.05) is 22.0 Å². The van der Waals surface area contributed by atoms with Crippen molar-refractivity contribution in [3.63, 3.8) is 0 Å². The molecule has 0 atom stereocenters. The van der Waals surface area contributed by atoms with E-state index in [1.165, 1.54) is 24.3 Å². The number of carbonyl (C=O) groups excluding carboxylic acids is 2. The lowest BCUT2D eigenvalue weighted by Crippen LogP contribution is -2.34. The number of aromatic nitrogens is 1. The minimum absolute atomic E-state index is 0.106. The van der Waals surface area contributed by atoms with E-state index in [0.29, 0.717) is 24.3 Å². The molecule has 0 aliphatic heterocycles. The van der Waals surface area contributed by atoms with Crippen LogP contribution in [0.4, 0.5) is 0 Å². The number of benzene rings is 2. The number of halogens is 1. The molecule has 25 heavy (non-hydrogen) atoms. The average Bonchev–Trinajstić information content (AvgIpc) is 3.02. The number of phenolic OH excluding ortho intramolecular Hbond substituents is 1. The molecule has 0 spiro atoms. The van der Waals surface area contributed by atoms with Crippen LogP contribution in [-0.2, 0) is 0 Å². The largest absolute Gasteiger partial charge is 0.508 e. The van der Waals surface area contributed by atoms with E-state index >= 15 is 0 Å². The lowest BCUT2D eigenvalue weighted by Gasteiger charge is -2.06. The lowest BCUT2D eigenvalue weighted by molar-refractivity contribution is 0.0925. The maximum absolute atomic E-state index is 12.2. The lowest BCUT2D eigenvalue weighted by atomic mass is 10.2. The molecule has 0 saturated carbocycles. The van der Waals surface area contributed by atoms with Crippen molar-refractivity contribution in [3.05, 3.63) is 64.3 Å². The molecule has 6 nitrogen and oxygen atoms in total. The number of amides is 2. The Balaban J connectivity index is 1.50. The third kappa shape index (κ3) is 4.19. The van der Waals surface area contributed by atoms with Gasteiger partial charge in [0, 0.05) is 34.0 Å². The number of fused-ring (bicyclic) bond motifs is 1. The van der Waals surface area contributed by atoms with E-state index in [1.807, 2.05) is 18.2 Å². The van der Waals surface area contributed by atoms with Gasteiger partial charge >= 0.3 is 0 Å². The molecule has 0 saturated heterocycles. The Morgan fingerprint density at radius 3 is 2.36 bits per heavy atom. The smallest absolute Gasteiger partial charge is 0.267 e. The number of phenols is 1. The van der Waals surface area contributed by atoms with Gasteiger partial charge in [0.05, 0.1) is 0 Å². The van der Waals surface area contributed by atoms with Crippen LogP contribution in [0.15, 0.2) is 53.0 Å². The van der Waals surface area contributed by atoms with Crippen molar-refractivity contribution in [1.82, 2.24) is 15.6 Å². The molecule has 0 unspecified atom stereocenters. The first-order valence-corrected chi connectivity index (χ1v) is 8.46. The molecule has 0 aliphatic rings. The number of carbonyl (C=O) groups is 2. The minimum Gasteiger partial charge on any atom is -0.508 e. The highest BCUT2D eigenvalue weighted by molar-refractivity contribution is 9.10. The van der Waals surface area contributed by atoms with E-state index in [9.17, 15) is 14.7 Å². The van der Waals surface area contributed by atoms with Gasteiger partial charge in [0.15, 0.2) is 0 Å². The number of rotatable bonds is 5. The zero-order valence-corrected chi connectivity index (χ0v) is 14.8. The van der Waals surface area contributed by atoms with Gasteiger partial charge in [-0.2, -0.15) is 0 Å². The Hall–Kier alpha value is -2.80. The summed E-state index contributed by atoms with van der Waals surface area (Å²) in [7, 11) is 0. The van der Waals surface area contributed by atoms with Crippen LogP contribution in [-0.4, -0.2) is 35.0 Å². The molecular weight excluding hydrogens is 386 g/mol. The first-order chi connectivity index (χ1) is 12.0. The maximum Gasteiger partial charge on any atom is 0.267 e. The number of nitrogens with one attached hydrogen (secondary N) is 3. The molecule has 7 heteroatoms. The third-order valence-electron chi connectivity index (χ3n) is 3.65. The summed E-state index contributed by atoms with van der Waals surface area (Å²) in [6.07, 6.45) is 0. The SMILES string of the molecule is O=C(NCCNC(=O)c1cc2ccc(Br)cc2[nH]1)c1ccc(O)cc1. The summed E-state index contributed by atoms with van der Waals surface area (Å²) in [5.41, 5.74) is 1.79. The van der Waals surface area contributed by atoms with Gasteiger partial charge in [0.2, 0.25) is 0 Å². The van der Waals surface area contributed by atoms with Crippen LogP contribution in [0.25, 0.3) is 10.9 Å². The maximum atomic E-state index is 12.2. The normalized spacial score (nSPS) is 10.6. The van der Waals surface area contributed by atoms with Crippen molar-refractivity contribution in [1.29, 1.82) is 0 Å². The molecule has 2 aromatic carbocycles. The fourth-order valence-electron chi connectivity index (χ4n) is 2.38. The van der Waals surface area contributed by atoms with Crippen molar-refractivity contribution in [3.8, 4) is 5.75 Å². The van der Waals surface area contributed by atoms with Crippen LogP contribution in [0.1, 0.15) is 20.8 Å². The molecule has 3 rings (SSSR count). The number of hydrogen-bond donors (Lipinski definition) is 4. The molecule has 0 aliphatic carbocycles. The van der Waals surface area contributed by atoms with E-state index in [1.54, 1.807) is 6.07 Å². The van der Waals surface area contributed by atoms with Crippen molar-refractivity contribution in [2.75, 3.05) is 13.1 Å². The van der Waals surface area contributed by atoms with Crippen LogP contribution in [0.3, 0.4) is 0 Å². The van der Waals surface area contributed by atoms with E-state index in [4.69, 9.17) is 0 Å². The summed E-state index contributed by atoms with van der Waals surface area (Å²) in [4.78, 5) is 27.1. The second kappa shape index (κ2) is 7.40. The van der Waals surface area contributed by atoms with Gasteiger partial charge in [0.1, 0.15) is 11.4 Å². The molecule has 1 aromatic heterocycles. The molecule has 2 amide bonds. The second-order valence-electron chi connectivity index (χ2n) is 5.47. The summed E-state index contributed by atoms with van der Waals surface area (Å²) in [6.45, 7) is 0.610. The van der Waals surface area contributed by atoms with Crippen LogP contribution < -0.4 is 10.6 Å². The Kier molecular flexibility index (Phi) is 5.04. The zero-order valence-electron chi connectivity index (χ0n) is 13.2. The molecule has 0 radical (unpaired) electrons. The van der Waals surface area contributed by atoms with Gasteiger partial charge in [-0.25, -0.2) is 0 Å². The quantitative estimate of drug-likeness (QED) is 0.495. The number of H-pyrrole nitrogens is 1. The fraction of sp³-hybridized carbons (Fsp3) is 0.111. The summed E-state index contributed by atoms with van der Waals surface area (Å²) < 4.78 is 0.936. The first kappa shape index (κ1) is 17.0. The highest BCUT2D eigenvalue weighted by atomic mass is 79.9. The molecule has 0 bridgehead atoms. The van der Waals surface area contributed by atoms with Crippen LogP contribution in [0, 0.1) is 0 Å². The molecule has 3 aromatic rings. The molecule has 1 heterocycles. The summed E-state index contributed by atoms with van der Waals surface area (Å²) in [5, 5.41) is 15.6. The number of aromatic hydroxyl groups is 1. The molecular formula is C18H16BrN3O3. The third-order valence-corrected chi connectivity index (χ3v) is 4.15. The highest BCUT2D eigenvalue weighted by Gasteiger charge is 2.10. The van der Waals surface area contributed by atoms with E-state index in [2.05, 4.69) is 31.5 Å². The summed E-state index contributed by atoms with van der Waals surface area (Å²) in [6, 6.07) is 13.5. The van der Waals surface area contributed by atoms with Crippen molar-refractivity contribution in [2.24, 2.45) is 0 Å². The van der Waals surface area contributed by atoms with E-state index in [-0.39, 0.29) is 17.6 Å². The Bertz CT molecular complexity index is 919. The Morgan fingerprint density at radius 1 is 0.960 bits per heavy atom. The Morgan fingerprint density at radius 2 is 1.64 bits per heavy atom. The van der Waals surface area contributed by atoms with E-state index < -0.39 is 0 Å². The van der Waals surface area contributed by atoms with Gasteiger partial charge < -0.3 is 20.7 Å². The summed E-state index contributed by atoms with van der Waals surface area (Å²) >= 11 is 3.39. The molecule has 128 valence electrons. The fourth-order valence-corrected chi connectivity index (χ4v) is 2.74. The molecule has 4 N–H and O–H groups in total. The average molecular weight is 402 g/mol. The van der Waals surface area contributed by atoms with Gasteiger partial charge in [-0.15, -0.1) is 0 Å². The second-order valence-corrected chi connectivity index (χ2v) is 6.39. The topological polar surface area (TPSA) is 94.2 Å². The number of hydrogen-bond acceptors (Lipinski definition) is 3. The number of aromatic amines is 1. The molecule has 0 fully saturated rings. The minimum atomic E-state index is -0.260. The monoisotopic (exact) mass is 401 g/mol. The van der Waals surface area contributed by atoms with Crippen molar-refractivity contribution < 1.29 is 14.7 Å². The van der Waals surface area contributed by atoms with E-state index in [0.717, 1.165) is 15.4 Å². The van der Waals surface area contributed by atoms with Crippen molar-refractivity contribution >= 4 is 38.6 Å². The predicted octanol–water partition coefficient (Wildman–Crippen LogP) is 2.80. The van der Waals surface area contributed by atoms with Gasteiger partial charge in [0.25, 0.3) is 11.8 Å². The summed E-state index contributed by atoms with van der Waals surface area (Å²) in [5.74, 6) is -0.384. The first-order valence-electron chi connectivity index (χ1n) is 7.66. The Labute approximate surface area is 152 Å². The standard InChI is InChI=1S/C18H16BrN3O3/c19-13-4-1-12-9-16(22-15(12)10-13)18(25)21-8-7-20-17(24)11-2-5-14(23)6-3-11/h1-6,9-10,22-23H,7-8H2,(H,20,24)(H,21,25). The van der Waals surface area contributed by atoms with Crippen LogP contribution in [0.5, 0.6) is 5.75 Å². The zero-order chi connectivity index (χ0) is 17.8. The highest BCUT2D eigenvalue weighted by Crippen LogP contribution is 2.20. The van der Waals surface area contributed by atoms with Crippen LogP contribution >= 0.6 is 15.9 Å². The predicted molar refractivity (Wildman–Crippen MR) is 98.8 cm³/mol. The van der Waals surface area contributed by atoms with Gasteiger partial charge in [-0.05, 0) is 42.5 Å². The van der Waals surface area contributed by atoms with Crippen LogP contribution in [0.2, 0.25) is 0 Å². The van der Waals surface area contributed by atoms with Crippen molar-refractivity contribution in [2.45, 2.75) is 0 Å².